The Hall–Kier alpha value is -1.13. The summed E-state index contributed by atoms with van der Waals surface area (Å²) < 4.78 is 27.1. The Balaban J connectivity index is 2.42. The summed E-state index contributed by atoms with van der Waals surface area (Å²) in [6, 6.07) is 6.09. The second-order valence-corrected chi connectivity index (χ2v) is 7.33. The lowest BCUT2D eigenvalue weighted by Crippen LogP contribution is -2.45. The Labute approximate surface area is 129 Å². The molecule has 1 saturated carbocycles. The van der Waals surface area contributed by atoms with Crippen LogP contribution in [0.25, 0.3) is 0 Å². The molecule has 1 fully saturated rings. The Morgan fingerprint density at radius 2 is 2.14 bits per heavy atom. The molecule has 0 spiro atoms. The number of aliphatic hydroxyl groups excluding tert-OH is 1. The summed E-state index contributed by atoms with van der Waals surface area (Å²) in [5.41, 5.74) is 0.0905. The molecule has 1 N–H and O–H groups in total. The number of hydrogen-bond acceptors (Lipinski definition) is 4. The van der Waals surface area contributed by atoms with Crippen LogP contribution in [-0.4, -0.2) is 37.0 Å². The third-order valence-corrected chi connectivity index (χ3v) is 5.90. The number of nitrogens with zero attached hydrogens (tertiary/aromatic N) is 2. The third-order valence-electron chi connectivity index (χ3n) is 3.67. The average molecular weight is 329 g/mol. The maximum absolute atomic E-state index is 12.8. The van der Waals surface area contributed by atoms with Crippen molar-refractivity contribution in [1.29, 1.82) is 5.26 Å². The van der Waals surface area contributed by atoms with E-state index in [-0.39, 0.29) is 34.7 Å². The summed E-state index contributed by atoms with van der Waals surface area (Å²) in [4.78, 5) is -0.0534. The van der Waals surface area contributed by atoms with Crippen molar-refractivity contribution in [3.05, 3.63) is 28.8 Å². The molecule has 0 atom stereocenters. The number of nitriles is 1. The number of rotatable bonds is 6. The van der Waals surface area contributed by atoms with Crippen molar-refractivity contribution in [1.82, 2.24) is 4.31 Å². The minimum absolute atomic E-state index is 0.0490. The van der Waals surface area contributed by atoms with Gasteiger partial charge < -0.3 is 5.11 Å². The van der Waals surface area contributed by atoms with E-state index in [1.165, 1.54) is 22.5 Å². The van der Waals surface area contributed by atoms with E-state index in [1.807, 2.05) is 6.07 Å². The van der Waals surface area contributed by atoms with Crippen molar-refractivity contribution in [2.75, 3.05) is 13.2 Å². The summed E-state index contributed by atoms with van der Waals surface area (Å²) in [6.07, 6.45) is 2.99. The zero-order valence-corrected chi connectivity index (χ0v) is 13.1. The molecule has 2 rings (SSSR count). The lowest BCUT2D eigenvalue weighted by atomic mass is 9.93. The van der Waals surface area contributed by atoms with Crippen LogP contribution in [0.4, 0.5) is 0 Å². The highest BCUT2D eigenvalue weighted by Crippen LogP contribution is 2.32. The maximum Gasteiger partial charge on any atom is 0.244 e. The van der Waals surface area contributed by atoms with Crippen LogP contribution in [0, 0.1) is 11.3 Å². The molecule has 5 nitrogen and oxygen atoms in total. The van der Waals surface area contributed by atoms with Crippen molar-refractivity contribution < 1.29 is 13.5 Å². The number of aliphatic hydroxyl groups is 1. The van der Waals surface area contributed by atoms with Crippen molar-refractivity contribution in [2.24, 2.45) is 0 Å². The largest absolute Gasteiger partial charge is 0.396 e. The molecule has 114 valence electrons. The van der Waals surface area contributed by atoms with E-state index in [9.17, 15) is 8.42 Å². The van der Waals surface area contributed by atoms with Gasteiger partial charge in [0.15, 0.2) is 0 Å². The minimum atomic E-state index is -3.78. The zero-order valence-electron chi connectivity index (χ0n) is 11.5. The van der Waals surface area contributed by atoms with Gasteiger partial charge in [-0.05, 0) is 37.5 Å². The van der Waals surface area contributed by atoms with E-state index in [2.05, 4.69) is 0 Å². The molecular weight excluding hydrogens is 312 g/mol. The van der Waals surface area contributed by atoms with Crippen LogP contribution >= 0.6 is 11.6 Å². The number of benzene rings is 1. The molecular formula is C14H17ClN2O3S. The molecule has 0 radical (unpaired) electrons. The van der Waals surface area contributed by atoms with Crippen LogP contribution in [0.3, 0.4) is 0 Å². The fraction of sp³-hybridized carbons (Fsp3) is 0.500. The Morgan fingerprint density at radius 3 is 2.67 bits per heavy atom. The molecule has 1 aromatic rings. The van der Waals surface area contributed by atoms with E-state index >= 15 is 0 Å². The second kappa shape index (κ2) is 6.75. The molecule has 1 aliphatic carbocycles. The van der Waals surface area contributed by atoms with Gasteiger partial charge in [-0.3, -0.25) is 0 Å². The molecule has 21 heavy (non-hydrogen) atoms. The van der Waals surface area contributed by atoms with Crippen LogP contribution < -0.4 is 0 Å². The van der Waals surface area contributed by atoms with Crippen LogP contribution in [0.15, 0.2) is 23.1 Å². The Kier molecular flexibility index (Phi) is 5.22. The van der Waals surface area contributed by atoms with Gasteiger partial charge in [-0.15, -0.1) is 0 Å². The van der Waals surface area contributed by atoms with Gasteiger partial charge >= 0.3 is 0 Å². The van der Waals surface area contributed by atoms with Crippen molar-refractivity contribution in [2.45, 2.75) is 36.6 Å². The lowest BCUT2D eigenvalue weighted by Gasteiger charge is -2.36. The van der Waals surface area contributed by atoms with Gasteiger partial charge in [0, 0.05) is 24.2 Å². The quantitative estimate of drug-likeness (QED) is 0.867. The number of hydrogen-bond donors (Lipinski definition) is 1. The van der Waals surface area contributed by atoms with Crippen LogP contribution in [0.5, 0.6) is 0 Å². The molecule has 0 bridgehead atoms. The molecule has 0 heterocycles. The average Bonchev–Trinajstić information content (AvgIpc) is 2.41. The van der Waals surface area contributed by atoms with E-state index in [0.717, 1.165) is 19.3 Å². The van der Waals surface area contributed by atoms with Gasteiger partial charge in [0.05, 0.1) is 5.56 Å². The molecule has 7 heteroatoms. The molecule has 0 unspecified atom stereocenters. The minimum Gasteiger partial charge on any atom is -0.396 e. The third kappa shape index (κ3) is 3.38. The first-order valence-corrected chi connectivity index (χ1v) is 8.65. The normalized spacial score (nSPS) is 15.7. The summed E-state index contributed by atoms with van der Waals surface area (Å²) in [7, 11) is -3.78. The highest BCUT2D eigenvalue weighted by atomic mass is 35.5. The van der Waals surface area contributed by atoms with Crippen molar-refractivity contribution in [3.63, 3.8) is 0 Å². The molecule has 0 aromatic heterocycles. The molecule has 0 saturated heterocycles. The highest BCUT2D eigenvalue weighted by Gasteiger charge is 2.35. The number of sulfonamides is 1. The van der Waals surface area contributed by atoms with E-state index in [4.69, 9.17) is 22.0 Å². The standard InChI is InChI=1S/C14H17ClN2O3S/c15-12-6-5-11(10-16)14(9-12)21(19,20)17(7-2-8-18)13-3-1-4-13/h5-6,9,13,18H,1-4,7-8H2. The SMILES string of the molecule is N#Cc1ccc(Cl)cc1S(=O)(=O)N(CCCO)C1CCC1. The van der Waals surface area contributed by atoms with Crippen LogP contribution in [0.2, 0.25) is 5.02 Å². The second-order valence-electron chi connectivity index (χ2n) is 5.03. The van der Waals surface area contributed by atoms with Gasteiger partial charge in [-0.25, -0.2) is 8.42 Å². The molecule has 1 aliphatic rings. The summed E-state index contributed by atoms with van der Waals surface area (Å²) >= 11 is 5.88. The van der Waals surface area contributed by atoms with Gasteiger partial charge in [0.25, 0.3) is 0 Å². The predicted octanol–water partition coefficient (Wildman–Crippen LogP) is 2.14. The summed E-state index contributed by atoms with van der Waals surface area (Å²) in [5, 5.41) is 18.4. The maximum atomic E-state index is 12.8. The first-order chi connectivity index (χ1) is 10.0. The van der Waals surface area contributed by atoms with E-state index in [1.54, 1.807) is 0 Å². The molecule has 0 aliphatic heterocycles. The fourth-order valence-corrected chi connectivity index (χ4v) is 4.46. The topological polar surface area (TPSA) is 81.4 Å². The summed E-state index contributed by atoms with van der Waals surface area (Å²) in [5.74, 6) is 0. The van der Waals surface area contributed by atoms with Crippen LogP contribution in [0.1, 0.15) is 31.2 Å². The van der Waals surface area contributed by atoms with Crippen molar-refractivity contribution >= 4 is 21.6 Å². The fourth-order valence-electron chi connectivity index (χ4n) is 2.33. The van der Waals surface area contributed by atoms with E-state index < -0.39 is 10.0 Å². The highest BCUT2D eigenvalue weighted by molar-refractivity contribution is 7.89. The molecule has 1 aromatic carbocycles. The summed E-state index contributed by atoms with van der Waals surface area (Å²) in [6.45, 7) is 0.181. The van der Waals surface area contributed by atoms with Gasteiger partial charge in [-0.2, -0.15) is 9.57 Å². The first kappa shape index (κ1) is 16.2. The molecule has 0 amide bonds. The number of halogens is 1. The lowest BCUT2D eigenvalue weighted by molar-refractivity contribution is 0.198. The monoisotopic (exact) mass is 328 g/mol. The van der Waals surface area contributed by atoms with Crippen LogP contribution in [-0.2, 0) is 10.0 Å². The van der Waals surface area contributed by atoms with Crippen molar-refractivity contribution in [3.8, 4) is 6.07 Å². The van der Waals surface area contributed by atoms with E-state index in [0.29, 0.717) is 6.42 Å². The Bertz CT molecular complexity index is 651. The predicted molar refractivity (Wildman–Crippen MR) is 79.4 cm³/mol. The smallest absolute Gasteiger partial charge is 0.244 e. The van der Waals surface area contributed by atoms with Gasteiger partial charge in [0.2, 0.25) is 10.0 Å². The van der Waals surface area contributed by atoms with Gasteiger partial charge in [0.1, 0.15) is 11.0 Å². The first-order valence-electron chi connectivity index (χ1n) is 6.83. The Morgan fingerprint density at radius 1 is 1.43 bits per heavy atom. The zero-order chi connectivity index (χ0) is 15.5. The van der Waals surface area contributed by atoms with Gasteiger partial charge in [-0.1, -0.05) is 18.0 Å².